The summed E-state index contributed by atoms with van der Waals surface area (Å²) in [6.45, 7) is 5.32. The fraction of sp³-hybridized carbons (Fsp3) is 0.562. The summed E-state index contributed by atoms with van der Waals surface area (Å²) in [4.78, 5) is 12.4. The first-order chi connectivity index (χ1) is 10.2. The molecule has 2 N–H and O–H groups in total. The maximum absolute atomic E-state index is 12.4. The fourth-order valence-corrected chi connectivity index (χ4v) is 2.74. The fourth-order valence-electron chi connectivity index (χ4n) is 2.74. The smallest absolute Gasteiger partial charge is 0.251 e. The van der Waals surface area contributed by atoms with Crippen molar-refractivity contribution in [3.8, 4) is 11.5 Å². The Morgan fingerprint density at radius 2 is 2.10 bits per heavy atom. The highest BCUT2D eigenvalue weighted by Crippen LogP contribution is 2.30. The average molecular weight is 290 g/mol. The summed E-state index contributed by atoms with van der Waals surface area (Å²) >= 11 is 0. The molecule has 1 aromatic rings. The number of piperidine rings is 1. The van der Waals surface area contributed by atoms with Crippen LogP contribution in [0.15, 0.2) is 18.2 Å². The molecule has 2 atom stereocenters. The summed E-state index contributed by atoms with van der Waals surface area (Å²) in [5.74, 6) is 1.83. The number of benzene rings is 1. The molecule has 1 aromatic carbocycles. The van der Waals surface area contributed by atoms with Crippen LogP contribution < -0.4 is 20.1 Å². The van der Waals surface area contributed by atoms with Crippen LogP contribution in [0.3, 0.4) is 0 Å². The van der Waals surface area contributed by atoms with Gasteiger partial charge in [-0.25, -0.2) is 0 Å². The van der Waals surface area contributed by atoms with Crippen LogP contribution in [-0.2, 0) is 0 Å². The Morgan fingerprint density at radius 3 is 2.90 bits per heavy atom. The zero-order valence-electron chi connectivity index (χ0n) is 12.4. The molecular weight excluding hydrogens is 268 g/mol. The molecule has 2 aliphatic heterocycles. The van der Waals surface area contributed by atoms with E-state index in [2.05, 4.69) is 17.6 Å². The molecule has 5 heteroatoms. The van der Waals surface area contributed by atoms with Gasteiger partial charge in [-0.1, -0.05) is 6.92 Å². The van der Waals surface area contributed by atoms with Crippen LogP contribution in [0.1, 0.15) is 30.1 Å². The second-order valence-corrected chi connectivity index (χ2v) is 5.76. The third kappa shape index (κ3) is 3.29. The Bertz CT molecular complexity index is 518. The van der Waals surface area contributed by atoms with Crippen LogP contribution in [-0.4, -0.2) is 38.3 Å². The highest BCUT2D eigenvalue weighted by molar-refractivity contribution is 5.95. The average Bonchev–Trinajstić information content (AvgIpc) is 2.74. The van der Waals surface area contributed by atoms with E-state index in [0.29, 0.717) is 30.4 Å². The van der Waals surface area contributed by atoms with Gasteiger partial charge in [-0.15, -0.1) is 0 Å². The van der Waals surface area contributed by atoms with Crippen LogP contribution in [0.25, 0.3) is 0 Å². The van der Waals surface area contributed by atoms with Gasteiger partial charge in [-0.2, -0.15) is 0 Å². The van der Waals surface area contributed by atoms with Crippen LogP contribution >= 0.6 is 0 Å². The second-order valence-electron chi connectivity index (χ2n) is 5.76. The number of carbonyl (C=O) groups excluding carboxylic acids is 1. The maximum atomic E-state index is 12.4. The molecule has 2 heterocycles. The third-order valence-corrected chi connectivity index (χ3v) is 4.15. The van der Waals surface area contributed by atoms with Crippen LogP contribution in [0.4, 0.5) is 0 Å². The Kier molecular flexibility index (Phi) is 4.29. The lowest BCUT2D eigenvalue weighted by molar-refractivity contribution is 0.0915. The van der Waals surface area contributed by atoms with Crippen LogP contribution in [0.2, 0.25) is 0 Å². The van der Waals surface area contributed by atoms with E-state index in [9.17, 15) is 4.79 Å². The molecule has 3 rings (SSSR count). The molecule has 1 fully saturated rings. The molecule has 0 aliphatic carbocycles. The number of hydrogen-bond acceptors (Lipinski definition) is 4. The van der Waals surface area contributed by atoms with Gasteiger partial charge in [0, 0.05) is 24.6 Å². The molecule has 114 valence electrons. The van der Waals surface area contributed by atoms with E-state index in [-0.39, 0.29) is 11.9 Å². The van der Waals surface area contributed by atoms with Crippen LogP contribution in [0.5, 0.6) is 11.5 Å². The normalized spacial score (nSPS) is 25.0. The van der Waals surface area contributed by atoms with Crippen molar-refractivity contribution in [2.45, 2.75) is 25.8 Å². The predicted octanol–water partition coefficient (Wildman–Crippen LogP) is 1.58. The van der Waals surface area contributed by atoms with Crippen molar-refractivity contribution in [1.82, 2.24) is 10.6 Å². The van der Waals surface area contributed by atoms with Crippen molar-refractivity contribution in [1.29, 1.82) is 0 Å². The van der Waals surface area contributed by atoms with Gasteiger partial charge in [0.15, 0.2) is 11.5 Å². The van der Waals surface area contributed by atoms with E-state index >= 15 is 0 Å². The molecule has 21 heavy (non-hydrogen) atoms. The molecule has 0 radical (unpaired) electrons. The SMILES string of the molecule is CC1CCNCC1NC(=O)c1ccc2c(c1)OCCCO2. The lowest BCUT2D eigenvalue weighted by Crippen LogP contribution is -2.50. The van der Waals surface area contributed by atoms with Crippen molar-refractivity contribution in [3.63, 3.8) is 0 Å². The number of carbonyl (C=O) groups is 1. The van der Waals surface area contributed by atoms with Gasteiger partial charge in [0.1, 0.15) is 0 Å². The monoisotopic (exact) mass is 290 g/mol. The van der Waals surface area contributed by atoms with Gasteiger partial charge in [0.25, 0.3) is 5.91 Å². The topological polar surface area (TPSA) is 59.6 Å². The summed E-state index contributed by atoms with van der Waals surface area (Å²) in [7, 11) is 0. The molecule has 5 nitrogen and oxygen atoms in total. The second kappa shape index (κ2) is 6.35. The van der Waals surface area contributed by atoms with E-state index < -0.39 is 0 Å². The zero-order chi connectivity index (χ0) is 14.7. The number of hydrogen-bond donors (Lipinski definition) is 2. The first-order valence-corrected chi connectivity index (χ1v) is 7.65. The molecule has 2 aliphatic rings. The van der Waals surface area contributed by atoms with Crippen molar-refractivity contribution in [2.75, 3.05) is 26.3 Å². The lowest BCUT2D eigenvalue weighted by atomic mass is 9.94. The van der Waals surface area contributed by atoms with Gasteiger partial charge in [-0.05, 0) is 37.1 Å². The number of nitrogens with one attached hydrogen (secondary N) is 2. The van der Waals surface area contributed by atoms with E-state index in [4.69, 9.17) is 9.47 Å². The zero-order valence-corrected chi connectivity index (χ0v) is 12.4. The summed E-state index contributed by atoms with van der Waals surface area (Å²) < 4.78 is 11.2. The Morgan fingerprint density at radius 1 is 1.29 bits per heavy atom. The summed E-state index contributed by atoms with van der Waals surface area (Å²) in [6, 6.07) is 5.57. The quantitative estimate of drug-likeness (QED) is 0.868. The molecule has 0 saturated carbocycles. The molecule has 2 unspecified atom stereocenters. The van der Waals surface area contributed by atoms with Gasteiger partial charge < -0.3 is 20.1 Å². The number of ether oxygens (including phenoxy) is 2. The first kappa shape index (κ1) is 14.2. The van der Waals surface area contributed by atoms with E-state index in [1.54, 1.807) is 12.1 Å². The molecule has 0 spiro atoms. The predicted molar refractivity (Wildman–Crippen MR) is 80.0 cm³/mol. The minimum absolute atomic E-state index is 0.0498. The molecular formula is C16H22N2O3. The molecule has 0 aromatic heterocycles. The number of fused-ring (bicyclic) bond motifs is 1. The highest BCUT2D eigenvalue weighted by Gasteiger charge is 2.23. The lowest BCUT2D eigenvalue weighted by Gasteiger charge is -2.30. The van der Waals surface area contributed by atoms with E-state index in [0.717, 1.165) is 31.7 Å². The first-order valence-electron chi connectivity index (χ1n) is 7.65. The van der Waals surface area contributed by atoms with Crippen molar-refractivity contribution < 1.29 is 14.3 Å². The van der Waals surface area contributed by atoms with Crippen molar-refractivity contribution in [3.05, 3.63) is 23.8 Å². The summed E-state index contributed by atoms with van der Waals surface area (Å²) in [6.07, 6.45) is 1.95. The van der Waals surface area contributed by atoms with Gasteiger partial charge >= 0.3 is 0 Å². The highest BCUT2D eigenvalue weighted by atomic mass is 16.5. The number of rotatable bonds is 2. The van der Waals surface area contributed by atoms with Crippen molar-refractivity contribution in [2.24, 2.45) is 5.92 Å². The summed E-state index contributed by atoms with van der Waals surface area (Å²) in [5.41, 5.74) is 0.622. The minimum Gasteiger partial charge on any atom is -0.490 e. The minimum atomic E-state index is -0.0498. The standard InChI is InChI=1S/C16H22N2O3/c1-11-5-6-17-10-13(11)18-16(19)12-3-4-14-15(9-12)21-8-2-7-20-14/h3-4,9,11,13,17H,2,5-8,10H2,1H3,(H,18,19). The summed E-state index contributed by atoms with van der Waals surface area (Å²) in [5, 5.41) is 6.43. The van der Waals surface area contributed by atoms with Crippen molar-refractivity contribution >= 4 is 5.91 Å². The Balaban J connectivity index is 1.71. The maximum Gasteiger partial charge on any atom is 0.251 e. The Hall–Kier alpha value is -1.75. The Labute approximate surface area is 125 Å². The van der Waals surface area contributed by atoms with Crippen LogP contribution in [0, 0.1) is 5.92 Å². The van der Waals surface area contributed by atoms with Gasteiger partial charge in [-0.3, -0.25) is 4.79 Å². The van der Waals surface area contributed by atoms with E-state index in [1.807, 2.05) is 6.07 Å². The largest absolute Gasteiger partial charge is 0.490 e. The molecule has 0 bridgehead atoms. The third-order valence-electron chi connectivity index (χ3n) is 4.15. The molecule has 1 amide bonds. The molecule has 1 saturated heterocycles. The van der Waals surface area contributed by atoms with Gasteiger partial charge in [0.05, 0.1) is 13.2 Å². The van der Waals surface area contributed by atoms with E-state index in [1.165, 1.54) is 0 Å². The van der Waals surface area contributed by atoms with Gasteiger partial charge in [0.2, 0.25) is 0 Å². The number of amides is 1.